The van der Waals surface area contributed by atoms with E-state index in [4.69, 9.17) is 14.6 Å². The number of benzene rings is 2. The van der Waals surface area contributed by atoms with Crippen molar-refractivity contribution in [3.05, 3.63) is 71.8 Å². The van der Waals surface area contributed by atoms with Crippen LogP contribution in [0.4, 0.5) is 4.79 Å². The molecule has 1 unspecified atom stereocenters. The van der Waals surface area contributed by atoms with Gasteiger partial charge in [0.2, 0.25) is 11.8 Å². The van der Waals surface area contributed by atoms with Gasteiger partial charge in [0.05, 0.1) is 18.9 Å². The second-order valence-corrected chi connectivity index (χ2v) is 14.4. The standard InChI is InChI=1S/C36H47N5O6/c1-34(2,3)47-33(45)38-35(4,5)31(43)37-28(23-46-22-27-14-10-7-11-15-27)30(42)40-19-18-29-36(24-40,20-25-12-8-6-9-13-25)32(44)41(39-29)21-26-16-17-26/h6-15,26,28H,16-24H2,1-5H3,(H,37,43)(H,38,45)/t28-,36?/m1/s1. The Morgan fingerprint density at radius 2 is 1.62 bits per heavy atom. The van der Waals surface area contributed by atoms with Gasteiger partial charge in [0, 0.05) is 26.1 Å². The molecule has 0 spiro atoms. The summed E-state index contributed by atoms with van der Waals surface area (Å²) >= 11 is 0. The maximum absolute atomic E-state index is 14.3. The average Bonchev–Trinajstić information content (AvgIpc) is 3.79. The summed E-state index contributed by atoms with van der Waals surface area (Å²) in [7, 11) is 0. The highest BCUT2D eigenvalue weighted by Gasteiger charge is 2.55. The Morgan fingerprint density at radius 1 is 0.979 bits per heavy atom. The molecule has 11 heteroatoms. The molecule has 2 N–H and O–H groups in total. The van der Waals surface area contributed by atoms with E-state index in [0.717, 1.165) is 29.7 Å². The predicted octanol–water partition coefficient (Wildman–Crippen LogP) is 4.06. The number of carbonyl (C=O) groups is 4. The molecular formula is C36H47N5O6. The molecule has 0 bridgehead atoms. The van der Waals surface area contributed by atoms with Crippen molar-refractivity contribution in [2.24, 2.45) is 16.4 Å². The molecule has 2 aromatic rings. The Morgan fingerprint density at radius 3 is 2.23 bits per heavy atom. The van der Waals surface area contributed by atoms with Crippen LogP contribution in [0, 0.1) is 11.3 Å². The molecular weight excluding hydrogens is 598 g/mol. The van der Waals surface area contributed by atoms with Gasteiger partial charge in [-0.15, -0.1) is 0 Å². The van der Waals surface area contributed by atoms with Gasteiger partial charge in [-0.25, -0.2) is 9.80 Å². The molecule has 2 atom stereocenters. The van der Waals surface area contributed by atoms with E-state index in [1.807, 2.05) is 60.7 Å². The topological polar surface area (TPSA) is 130 Å². The number of piperidine rings is 1. The molecule has 11 nitrogen and oxygen atoms in total. The number of nitrogens with one attached hydrogen (secondary N) is 2. The molecule has 1 saturated heterocycles. The third-order valence-electron chi connectivity index (χ3n) is 8.69. The fraction of sp³-hybridized carbons (Fsp3) is 0.528. The fourth-order valence-electron chi connectivity index (χ4n) is 6.00. The van der Waals surface area contributed by atoms with Crippen LogP contribution in [-0.4, -0.2) is 82.9 Å². The van der Waals surface area contributed by atoms with Crippen LogP contribution in [0.1, 0.15) is 65.0 Å². The molecule has 2 fully saturated rings. The van der Waals surface area contributed by atoms with Crippen molar-refractivity contribution in [2.45, 2.75) is 84.1 Å². The second kappa shape index (κ2) is 13.9. The highest BCUT2D eigenvalue weighted by atomic mass is 16.6. The monoisotopic (exact) mass is 645 g/mol. The molecule has 1 saturated carbocycles. The van der Waals surface area contributed by atoms with Gasteiger partial charge in [-0.1, -0.05) is 60.7 Å². The predicted molar refractivity (Wildman–Crippen MR) is 177 cm³/mol. The van der Waals surface area contributed by atoms with Gasteiger partial charge in [-0.05, 0) is 70.9 Å². The summed E-state index contributed by atoms with van der Waals surface area (Å²) in [6, 6.07) is 18.3. The third kappa shape index (κ3) is 8.57. The fourth-order valence-corrected chi connectivity index (χ4v) is 6.00. The normalized spacial score (nSPS) is 20.3. The molecule has 2 heterocycles. The average molecular weight is 646 g/mol. The van der Waals surface area contributed by atoms with E-state index in [1.54, 1.807) is 44.5 Å². The third-order valence-corrected chi connectivity index (χ3v) is 8.69. The van der Waals surface area contributed by atoms with Crippen LogP contribution in [-0.2, 0) is 36.9 Å². The smallest absolute Gasteiger partial charge is 0.408 e. The number of nitrogens with zero attached hydrogens (tertiary/aromatic N) is 3. The SMILES string of the molecule is CC(C)(C)OC(=O)NC(C)(C)C(=O)N[C@H](COCc1ccccc1)C(=O)N1CCC2=NN(CC3CC3)C(=O)C2(Cc2ccccc2)C1. The zero-order valence-electron chi connectivity index (χ0n) is 28.1. The summed E-state index contributed by atoms with van der Waals surface area (Å²) in [5.41, 5.74) is -0.423. The number of hydrogen-bond donors (Lipinski definition) is 2. The summed E-state index contributed by atoms with van der Waals surface area (Å²) < 4.78 is 11.3. The van der Waals surface area contributed by atoms with Crippen LogP contribution in [0.5, 0.6) is 0 Å². The molecule has 5 rings (SSSR count). The summed E-state index contributed by atoms with van der Waals surface area (Å²) in [6.45, 7) is 9.52. The lowest BCUT2D eigenvalue weighted by atomic mass is 9.73. The van der Waals surface area contributed by atoms with Crippen molar-refractivity contribution in [3.63, 3.8) is 0 Å². The quantitative estimate of drug-likeness (QED) is 0.358. The van der Waals surface area contributed by atoms with E-state index in [9.17, 15) is 19.2 Å². The van der Waals surface area contributed by atoms with Gasteiger partial charge in [0.15, 0.2) is 0 Å². The Kier molecular flexibility index (Phi) is 10.0. The Labute approximate surface area is 277 Å². The molecule has 252 valence electrons. The summed E-state index contributed by atoms with van der Waals surface area (Å²) in [6.07, 6.45) is 2.30. The van der Waals surface area contributed by atoms with Gasteiger partial charge >= 0.3 is 6.09 Å². The Balaban J connectivity index is 1.36. The number of ether oxygens (including phenoxy) is 2. The van der Waals surface area contributed by atoms with Crippen LogP contribution in [0.15, 0.2) is 65.8 Å². The number of likely N-dealkylation sites (tertiary alicyclic amines) is 1. The van der Waals surface area contributed by atoms with Crippen molar-refractivity contribution < 1.29 is 28.7 Å². The van der Waals surface area contributed by atoms with E-state index >= 15 is 0 Å². The molecule has 0 aromatic heterocycles. The summed E-state index contributed by atoms with van der Waals surface area (Å²) in [4.78, 5) is 56.3. The largest absolute Gasteiger partial charge is 0.444 e. The number of hydrogen-bond acceptors (Lipinski definition) is 7. The van der Waals surface area contributed by atoms with Crippen LogP contribution in [0.2, 0.25) is 0 Å². The number of carbonyl (C=O) groups excluding carboxylic acids is 4. The van der Waals surface area contributed by atoms with E-state index in [0.29, 0.717) is 31.8 Å². The molecule has 2 aromatic carbocycles. The van der Waals surface area contributed by atoms with Gasteiger partial charge < -0.3 is 25.0 Å². The number of fused-ring (bicyclic) bond motifs is 1. The second-order valence-electron chi connectivity index (χ2n) is 14.4. The minimum atomic E-state index is -1.40. The minimum Gasteiger partial charge on any atom is -0.444 e. The first kappa shape index (κ1) is 34.1. The lowest BCUT2D eigenvalue weighted by molar-refractivity contribution is -0.144. The Hall–Kier alpha value is -4.25. The van der Waals surface area contributed by atoms with Crippen LogP contribution >= 0.6 is 0 Å². The van der Waals surface area contributed by atoms with Crippen molar-refractivity contribution in [1.29, 1.82) is 0 Å². The maximum atomic E-state index is 14.3. The first-order chi connectivity index (χ1) is 22.3. The highest BCUT2D eigenvalue weighted by molar-refractivity contribution is 6.14. The van der Waals surface area contributed by atoms with Crippen LogP contribution in [0.3, 0.4) is 0 Å². The highest BCUT2D eigenvalue weighted by Crippen LogP contribution is 2.41. The van der Waals surface area contributed by atoms with E-state index in [1.165, 1.54) is 0 Å². The van der Waals surface area contributed by atoms with Crippen molar-refractivity contribution in [3.8, 4) is 0 Å². The first-order valence-electron chi connectivity index (χ1n) is 16.4. The van der Waals surface area contributed by atoms with Gasteiger partial charge in [-0.2, -0.15) is 5.10 Å². The van der Waals surface area contributed by atoms with Crippen molar-refractivity contribution in [2.75, 3.05) is 26.2 Å². The molecule has 1 aliphatic carbocycles. The summed E-state index contributed by atoms with van der Waals surface area (Å²) in [5, 5.41) is 11.9. The number of alkyl carbamates (subject to hydrolysis) is 1. The summed E-state index contributed by atoms with van der Waals surface area (Å²) in [5.74, 6) is -0.548. The van der Waals surface area contributed by atoms with Gasteiger partial charge in [0.1, 0.15) is 22.6 Å². The molecule has 0 radical (unpaired) electrons. The molecule has 2 aliphatic heterocycles. The number of amides is 4. The molecule has 3 aliphatic rings. The van der Waals surface area contributed by atoms with Crippen LogP contribution < -0.4 is 10.6 Å². The number of rotatable bonds is 12. The zero-order valence-corrected chi connectivity index (χ0v) is 28.1. The van der Waals surface area contributed by atoms with E-state index in [2.05, 4.69) is 10.6 Å². The first-order valence-corrected chi connectivity index (χ1v) is 16.4. The zero-order chi connectivity index (χ0) is 33.8. The Bertz CT molecular complexity index is 1480. The molecule has 4 amide bonds. The van der Waals surface area contributed by atoms with E-state index < -0.39 is 34.6 Å². The maximum Gasteiger partial charge on any atom is 0.408 e. The van der Waals surface area contributed by atoms with E-state index in [-0.39, 0.29) is 31.6 Å². The van der Waals surface area contributed by atoms with Crippen molar-refractivity contribution in [1.82, 2.24) is 20.5 Å². The van der Waals surface area contributed by atoms with Crippen LogP contribution in [0.25, 0.3) is 0 Å². The minimum absolute atomic E-state index is 0.0793. The van der Waals surface area contributed by atoms with Crippen molar-refractivity contribution >= 4 is 29.5 Å². The number of hydrazone groups is 1. The lowest BCUT2D eigenvalue weighted by Gasteiger charge is -2.41. The van der Waals surface area contributed by atoms with Gasteiger partial charge in [-0.3, -0.25) is 14.4 Å². The van der Waals surface area contributed by atoms with Gasteiger partial charge in [0.25, 0.3) is 5.91 Å². The lowest BCUT2D eigenvalue weighted by Crippen LogP contribution is -2.63. The molecule has 47 heavy (non-hydrogen) atoms.